The van der Waals surface area contributed by atoms with E-state index in [-0.39, 0.29) is 5.97 Å². The summed E-state index contributed by atoms with van der Waals surface area (Å²) < 4.78 is 5.04. The summed E-state index contributed by atoms with van der Waals surface area (Å²) in [5, 5.41) is 0.487. The summed E-state index contributed by atoms with van der Waals surface area (Å²) in [6, 6.07) is 2.06. The molecule has 0 spiro atoms. The molecule has 1 saturated heterocycles. The molecule has 2 aliphatic heterocycles. The summed E-state index contributed by atoms with van der Waals surface area (Å²) in [7, 11) is 1.44. The van der Waals surface area contributed by atoms with Gasteiger partial charge in [0.1, 0.15) is 10.6 Å². The van der Waals surface area contributed by atoms with Gasteiger partial charge in [0.15, 0.2) is 0 Å². The van der Waals surface area contributed by atoms with Crippen molar-refractivity contribution in [1.82, 2.24) is 9.88 Å². The minimum absolute atomic E-state index is 0.189. The van der Waals surface area contributed by atoms with E-state index >= 15 is 0 Å². The lowest BCUT2D eigenvalue weighted by Gasteiger charge is -2.45. The number of aryl methyl sites for hydroxylation is 1. The van der Waals surface area contributed by atoms with Crippen molar-refractivity contribution in [3.8, 4) is 0 Å². The topological polar surface area (TPSA) is 42.4 Å². The third-order valence-electron chi connectivity index (χ3n) is 4.23. The number of nitrogens with zero attached hydrogens (tertiary/aromatic N) is 2. The smallest absolute Gasteiger partial charge is 0.319 e. The van der Waals surface area contributed by atoms with E-state index in [9.17, 15) is 4.79 Å². The molecule has 0 aromatic carbocycles. The maximum absolute atomic E-state index is 12.3. The van der Waals surface area contributed by atoms with Gasteiger partial charge in [-0.3, -0.25) is 9.69 Å². The molecular weight excluding hydrogens is 264 g/mol. The van der Waals surface area contributed by atoms with Crippen molar-refractivity contribution < 1.29 is 9.53 Å². The molecule has 0 aliphatic carbocycles. The number of methoxy groups -OCH3 is 1. The van der Waals surface area contributed by atoms with E-state index in [4.69, 9.17) is 16.3 Å². The Morgan fingerprint density at radius 2 is 2.37 bits per heavy atom. The first-order chi connectivity index (χ1) is 9.06. The molecule has 1 fully saturated rings. The number of ether oxygens (including phenoxy) is 1. The van der Waals surface area contributed by atoms with Gasteiger partial charge in [-0.1, -0.05) is 11.6 Å². The molecule has 3 rings (SSSR count). The molecule has 0 saturated carbocycles. The van der Waals surface area contributed by atoms with Crippen molar-refractivity contribution in [2.45, 2.75) is 31.7 Å². The number of hydrogen-bond acceptors (Lipinski definition) is 4. The first-order valence-corrected chi connectivity index (χ1v) is 6.92. The number of rotatable bonds is 1. The lowest BCUT2D eigenvalue weighted by atomic mass is 9.72. The van der Waals surface area contributed by atoms with Gasteiger partial charge in [-0.2, -0.15) is 0 Å². The molecule has 0 radical (unpaired) electrons. The molecule has 0 N–H and O–H groups in total. The molecule has 1 aromatic rings. The van der Waals surface area contributed by atoms with Crippen LogP contribution in [0.4, 0.5) is 0 Å². The fraction of sp³-hybridized carbons (Fsp3) is 0.571. The summed E-state index contributed by atoms with van der Waals surface area (Å²) in [4.78, 5) is 19.1. The fourth-order valence-corrected chi connectivity index (χ4v) is 3.49. The largest absolute Gasteiger partial charge is 0.468 e. The van der Waals surface area contributed by atoms with Crippen LogP contribution in [0.1, 0.15) is 29.7 Å². The van der Waals surface area contributed by atoms with E-state index in [1.807, 2.05) is 6.92 Å². The molecule has 19 heavy (non-hydrogen) atoms. The number of aromatic nitrogens is 1. The molecule has 5 heteroatoms. The zero-order valence-electron chi connectivity index (χ0n) is 11.2. The Morgan fingerprint density at radius 1 is 1.58 bits per heavy atom. The normalized spacial score (nSPS) is 28.7. The van der Waals surface area contributed by atoms with Crippen LogP contribution < -0.4 is 0 Å². The van der Waals surface area contributed by atoms with Crippen LogP contribution in [0.2, 0.25) is 5.15 Å². The van der Waals surface area contributed by atoms with E-state index in [1.165, 1.54) is 7.11 Å². The van der Waals surface area contributed by atoms with E-state index in [2.05, 4.69) is 16.0 Å². The summed E-state index contributed by atoms with van der Waals surface area (Å²) >= 11 is 6.16. The second kappa shape index (κ2) is 4.46. The van der Waals surface area contributed by atoms with Gasteiger partial charge < -0.3 is 4.74 Å². The molecule has 0 amide bonds. The molecular formula is C14H17ClN2O2. The zero-order chi connectivity index (χ0) is 13.6. The van der Waals surface area contributed by atoms with Gasteiger partial charge in [-0.25, -0.2) is 4.98 Å². The van der Waals surface area contributed by atoms with Crippen LogP contribution in [-0.2, 0) is 21.5 Å². The van der Waals surface area contributed by atoms with Crippen LogP contribution in [0, 0.1) is 6.92 Å². The number of esters is 1. The number of carbonyl (C=O) groups excluding carboxylic acids is 1. The number of hydrogen-bond donors (Lipinski definition) is 0. The Hall–Kier alpha value is -1.13. The average molecular weight is 281 g/mol. The van der Waals surface area contributed by atoms with Crippen LogP contribution in [0.25, 0.3) is 0 Å². The minimum Gasteiger partial charge on any atom is -0.468 e. The van der Waals surface area contributed by atoms with Crippen LogP contribution in [0.5, 0.6) is 0 Å². The van der Waals surface area contributed by atoms with Gasteiger partial charge in [0.25, 0.3) is 0 Å². The predicted octanol–water partition coefficient (Wildman–Crippen LogP) is 2.06. The first kappa shape index (κ1) is 12.9. The maximum atomic E-state index is 12.3. The van der Waals surface area contributed by atoms with Gasteiger partial charge in [0, 0.05) is 13.1 Å². The number of fused-ring (bicyclic) bond motifs is 4. The summed E-state index contributed by atoms with van der Waals surface area (Å²) in [5.74, 6) is -0.189. The number of pyridine rings is 1. The van der Waals surface area contributed by atoms with E-state index < -0.39 is 5.41 Å². The lowest BCUT2D eigenvalue weighted by molar-refractivity contribution is -0.151. The van der Waals surface area contributed by atoms with Crippen LogP contribution in [0.15, 0.2) is 6.07 Å². The van der Waals surface area contributed by atoms with E-state index in [0.717, 1.165) is 42.8 Å². The van der Waals surface area contributed by atoms with Crippen LogP contribution in [0.3, 0.4) is 0 Å². The van der Waals surface area contributed by atoms with Crippen molar-refractivity contribution in [1.29, 1.82) is 0 Å². The summed E-state index contributed by atoms with van der Waals surface area (Å²) in [5.41, 5.74) is 2.27. The second-order valence-electron chi connectivity index (χ2n) is 5.49. The van der Waals surface area contributed by atoms with E-state index in [0.29, 0.717) is 11.7 Å². The Bertz CT molecular complexity index is 546. The molecule has 3 heterocycles. The second-order valence-corrected chi connectivity index (χ2v) is 5.85. The van der Waals surface area contributed by atoms with E-state index in [1.54, 1.807) is 0 Å². The Balaban J connectivity index is 2.19. The Morgan fingerprint density at radius 3 is 3.11 bits per heavy atom. The summed E-state index contributed by atoms with van der Waals surface area (Å²) in [6.07, 6.45) is 1.78. The Labute approximate surface area is 117 Å². The highest BCUT2D eigenvalue weighted by Crippen LogP contribution is 2.41. The highest BCUT2D eigenvalue weighted by Gasteiger charge is 2.50. The number of piperidine rings is 1. The number of halogens is 1. The minimum atomic E-state index is -0.627. The highest BCUT2D eigenvalue weighted by molar-refractivity contribution is 6.30. The molecule has 1 aromatic heterocycles. The molecule has 2 aliphatic rings. The van der Waals surface area contributed by atoms with Crippen LogP contribution >= 0.6 is 11.6 Å². The lowest BCUT2D eigenvalue weighted by Crippen LogP contribution is -2.55. The third kappa shape index (κ3) is 1.85. The van der Waals surface area contributed by atoms with Crippen molar-refractivity contribution >= 4 is 17.6 Å². The monoisotopic (exact) mass is 280 g/mol. The Kier molecular flexibility index (Phi) is 3.02. The number of carbonyl (C=O) groups is 1. The SMILES string of the molecule is COC(=O)C12CCCN(Cc3cc(C)c(Cl)nc31)C2. The third-order valence-corrected chi connectivity index (χ3v) is 4.61. The average Bonchev–Trinajstić information content (AvgIpc) is 2.40. The molecule has 2 atom stereocenters. The van der Waals surface area contributed by atoms with Gasteiger partial charge in [0.05, 0.1) is 12.8 Å². The van der Waals surface area contributed by atoms with Crippen molar-refractivity contribution in [2.75, 3.05) is 20.2 Å². The van der Waals surface area contributed by atoms with Crippen LogP contribution in [-0.4, -0.2) is 36.1 Å². The molecule has 102 valence electrons. The van der Waals surface area contributed by atoms with Gasteiger partial charge in [-0.05, 0) is 43.5 Å². The van der Waals surface area contributed by atoms with Gasteiger partial charge >= 0.3 is 5.97 Å². The molecule has 4 nitrogen and oxygen atoms in total. The standard InChI is InChI=1S/C14H17ClN2O2/c1-9-6-10-7-17-5-3-4-14(8-17,13(18)19-2)11(10)16-12(9)15/h6H,3-5,7-8H2,1-2H3. The maximum Gasteiger partial charge on any atom is 0.319 e. The highest BCUT2D eigenvalue weighted by atomic mass is 35.5. The zero-order valence-corrected chi connectivity index (χ0v) is 12.0. The van der Waals surface area contributed by atoms with Crippen molar-refractivity contribution in [3.63, 3.8) is 0 Å². The fourth-order valence-electron chi connectivity index (χ4n) is 3.35. The van der Waals surface area contributed by atoms with Crippen molar-refractivity contribution in [2.24, 2.45) is 0 Å². The quantitative estimate of drug-likeness (QED) is 0.583. The predicted molar refractivity (Wildman–Crippen MR) is 72.2 cm³/mol. The first-order valence-electron chi connectivity index (χ1n) is 6.54. The van der Waals surface area contributed by atoms with Crippen molar-refractivity contribution in [3.05, 3.63) is 28.0 Å². The van der Waals surface area contributed by atoms with Gasteiger partial charge in [-0.15, -0.1) is 0 Å². The van der Waals surface area contributed by atoms with Gasteiger partial charge in [0.2, 0.25) is 0 Å². The molecule has 2 unspecified atom stereocenters. The summed E-state index contributed by atoms with van der Waals surface area (Å²) in [6.45, 7) is 4.51. The molecule has 2 bridgehead atoms.